The molecule has 25 heavy (non-hydrogen) atoms. The highest BCUT2D eigenvalue weighted by Crippen LogP contribution is 2.31. The summed E-state index contributed by atoms with van der Waals surface area (Å²) < 4.78 is 1.65. The van der Waals surface area contributed by atoms with Crippen molar-refractivity contribution in [2.45, 2.75) is 0 Å². The number of imidazole rings is 1. The van der Waals surface area contributed by atoms with E-state index in [1.165, 1.54) is 18.3 Å². The van der Waals surface area contributed by atoms with Gasteiger partial charge in [0.25, 0.3) is 5.69 Å². The Morgan fingerprint density at radius 3 is 2.92 bits per heavy atom. The maximum atomic E-state index is 11.1. The van der Waals surface area contributed by atoms with Gasteiger partial charge >= 0.3 is 0 Å². The van der Waals surface area contributed by atoms with Crippen LogP contribution in [0, 0.1) is 10.1 Å². The number of nitrogens with two attached hydrogens (primary N) is 2. The highest BCUT2D eigenvalue weighted by molar-refractivity contribution is 6.32. The number of nitro groups is 1. The van der Waals surface area contributed by atoms with Gasteiger partial charge < -0.3 is 11.5 Å². The van der Waals surface area contributed by atoms with E-state index >= 15 is 0 Å². The number of aromatic nitrogens is 3. The van der Waals surface area contributed by atoms with Crippen molar-refractivity contribution in [1.29, 1.82) is 0 Å². The standard InChI is InChI=1S/C14H11ClN8O2/c15-9-3-2-8(6-10(9)23(24)25)12-11(7-19-21-13(16)17)22-5-1-4-18-14(22)20-12/h1-7H,(H4,16,17,21)/b19-7+. The lowest BCUT2D eigenvalue weighted by Gasteiger charge is -2.01. The zero-order valence-electron chi connectivity index (χ0n) is 12.6. The van der Waals surface area contributed by atoms with Crippen LogP contribution >= 0.6 is 11.6 Å². The highest BCUT2D eigenvalue weighted by Gasteiger charge is 2.18. The summed E-state index contributed by atoms with van der Waals surface area (Å²) in [5.41, 5.74) is 11.7. The molecule has 0 unspecified atom stereocenters. The molecule has 11 heteroatoms. The number of rotatable bonds is 4. The Morgan fingerprint density at radius 2 is 2.20 bits per heavy atom. The van der Waals surface area contributed by atoms with Crippen molar-refractivity contribution < 1.29 is 4.92 Å². The fourth-order valence-electron chi connectivity index (χ4n) is 2.19. The van der Waals surface area contributed by atoms with E-state index in [9.17, 15) is 10.1 Å². The summed E-state index contributed by atoms with van der Waals surface area (Å²) in [6, 6.07) is 6.10. The molecule has 126 valence electrons. The van der Waals surface area contributed by atoms with E-state index in [4.69, 9.17) is 23.1 Å². The summed E-state index contributed by atoms with van der Waals surface area (Å²) in [7, 11) is 0. The fourth-order valence-corrected chi connectivity index (χ4v) is 2.38. The molecule has 3 rings (SSSR count). The Labute approximate surface area is 145 Å². The van der Waals surface area contributed by atoms with Gasteiger partial charge in [0.05, 0.1) is 16.8 Å². The molecule has 0 bridgehead atoms. The number of hydrogen-bond acceptors (Lipinski definition) is 6. The Balaban J connectivity index is 2.22. The van der Waals surface area contributed by atoms with Crippen LogP contribution in [0.15, 0.2) is 46.9 Å². The zero-order valence-corrected chi connectivity index (χ0v) is 13.3. The molecule has 0 aliphatic heterocycles. The Morgan fingerprint density at radius 1 is 1.40 bits per heavy atom. The summed E-state index contributed by atoms with van der Waals surface area (Å²) in [4.78, 5) is 19.1. The van der Waals surface area contributed by atoms with Crippen molar-refractivity contribution in [3.63, 3.8) is 0 Å². The minimum absolute atomic E-state index is 0.0337. The normalized spacial score (nSPS) is 11.1. The van der Waals surface area contributed by atoms with E-state index in [0.717, 1.165) is 0 Å². The van der Waals surface area contributed by atoms with Crippen LogP contribution in [0.4, 0.5) is 5.69 Å². The Kier molecular flexibility index (Phi) is 4.27. The average molecular weight is 359 g/mol. The quantitative estimate of drug-likeness (QED) is 0.312. The Bertz CT molecular complexity index is 1020. The van der Waals surface area contributed by atoms with Gasteiger partial charge in [0.15, 0.2) is 0 Å². The van der Waals surface area contributed by atoms with Crippen molar-refractivity contribution >= 4 is 35.2 Å². The summed E-state index contributed by atoms with van der Waals surface area (Å²) in [5, 5.41) is 18.5. The van der Waals surface area contributed by atoms with Crippen LogP contribution in [0.25, 0.3) is 17.0 Å². The fraction of sp³-hybridized carbons (Fsp3) is 0. The van der Waals surface area contributed by atoms with Gasteiger partial charge in [0.2, 0.25) is 11.7 Å². The first-order chi connectivity index (χ1) is 12.0. The molecule has 0 amide bonds. The van der Waals surface area contributed by atoms with Gasteiger partial charge in [-0.25, -0.2) is 9.97 Å². The van der Waals surface area contributed by atoms with Crippen LogP contribution in [-0.2, 0) is 0 Å². The molecule has 0 saturated carbocycles. The number of nitrogens with zero attached hydrogens (tertiary/aromatic N) is 6. The van der Waals surface area contributed by atoms with Gasteiger partial charge in [-0.3, -0.25) is 14.5 Å². The van der Waals surface area contributed by atoms with E-state index < -0.39 is 4.92 Å². The lowest BCUT2D eigenvalue weighted by molar-refractivity contribution is -0.384. The monoisotopic (exact) mass is 358 g/mol. The van der Waals surface area contributed by atoms with Gasteiger partial charge in [-0.15, -0.1) is 5.10 Å². The predicted molar refractivity (Wildman–Crippen MR) is 93.5 cm³/mol. The number of benzene rings is 1. The van der Waals surface area contributed by atoms with Crippen molar-refractivity contribution in [2.75, 3.05) is 0 Å². The minimum Gasteiger partial charge on any atom is -0.369 e. The molecular formula is C14H11ClN8O2. The van der Waals surface area contributed by atoms with Crippen molar-refractivity contribution in [1.82, 2.24) is 14.4 Å². The third-order valence-corrected chi connectivity index (χ3v) is 3.53. The van der Waals surface area contributed by atoms with Crippen molar-refractivity contribution in [2.24, 2.45) is 21.7 Å². The van der Waals surface area contributed by atoms with E-state index in [2.05, 4.69) is 20.2 Å². The maximum absolute atomic E-state index is 11.1. The largest absolute Gasteiger partial charge is 0.369 e. The third kappa shape index (κ3) is 3.23. The molecule has 0 fully saturated rings. The molecular weight excluding hydrogens is 348 g/mol. The van der Waals surface area contributed by atoms with Crippen LogP contribution in [0.5, 0.6) is 0 Å². The summed E-state index contributed by atoms with van der Waals surface area (Å²) in [5.74, 6) is 0.188. The second kappa shape index (κ2) is 6.53. The second-order valence-electron chi connectivity index (χ2n) is 4.83. The molecule has 10 nitrogen and oxygen atoms in total. The molecule has 4 N–H and O–H groups in total. The van der Waals surface area contributed by atoms with Gasteiger partial charge in [-0.2, -0.15) is 5.10 Å². The highest BCUT2D eigenvalue weighted by atomic mass is 35.5. The number of halogens is 1. The van der Waals surface area contributed by atoms with Crippen molar-refractivity contribution in [3.8, 4) is 11.3 Å². The number of hydrogen-bond donors (Lipinski definition) is 2. The molecule has 2 aromatic heterocycles. The lowest BCUT2D eigenvalue weighted by atomic mass is 10.1. The Hall–Kier alpha value is -3.53. The first kappa shape index (κ1) is 16.3. The second-order valence-corrected chi connectivity index (χ2v) is 5.24. The van der Waals surface area contributed by atoms with E-state index in [-0.39, 0.29) is 16.7 Å². The van der Waals surface area contributed by atoms with Gasteiger partial charge in [0, 0.05) is 24.0 Å². The van der Waals surface area contributed by atoms with Crippen LogP contribution < -0.4 is 11.5 Å². The molecule has 0 saturated heterocycles. The molecule has 0 radical (unpaired) electrons. The van der Waals surface area contributed by atoms with E-state index in [1.54, 1.807) is 28.9 Å². The minimum atomic E-state index is -0.562. The van der Waals surface area contributed by atoms with Crippen LogP contribution in [0.3, 0.4) is 0 Å². The van der Waals surface area contributed by atoms with Gasteiger partial charge in [0.1, 0.15) is 10.7 Å². The smallest absolute Gasteiger partial charge is 0.288 e. The average Bonchev–Trinajstić information content (AvgIpc) is 2.93. The van der Waals surface area contributed by atoms with Gasteiger partial charge in [-0.05, 0) is 12.1 Å². The van der Waals surface area contributed by atoms with Crippen LogP contribution in [0.1, 0.15) is 5.69 Å². The molecule has 1 aromatic carbocycles. The summed E-state index contributed by atoms with van der Waals surface area (Å²) >= 11 is 5.86. The van der Waals surface area contributed by atoms with Crippen molar-refractivity contribution in [3.05, 3.63) is 57.5 Å². The van der Waals surface area contributed by atoms with E-state index in [1.807, 2.05) is 0 Å². The summed E-state index contributed by atoms with van der Waals surface area (Å²) in [6.07, 6.45) is 4.69. The third-order valence-electron chi connectivity index (χ3n) is 3.21. The topological polar surface area (TPSA) is 150 Å². The zero-order chi connectivity index (χ0) is 18.0. The van der Waals surface area contributed by atoms with Crippen LogP contribution in [-0.4, -0.2) is 31.5 Å². The maximum Gasteiger partial charge on any atom is 0.288 e. The molecule has 2 heterocycles. The number of fused-ring (bicyclic) bond motifs is 1. The number of nitro benzene ring substituents is 1. The molecule has 0 atom stereocenters. The first-order valence-electron chi connectivity index (χ1n) is 6.86. The molecule has 3 aromatic rings. The lowest BCUT2D eigenvalue weighted by Crippen LogP contribution is -2.21. The van der Waals surface area contributed by atoms with E-state index in [0.29, 0.717) is 22.7 Å². The van der Waals surface area contributed by atoms with Gasteiger partial charge in [-0.1, -0.05) is 17.7 Å². The molecule has 0 aliphatic carbocycles. The summed E-state index contributed by atoms with van der Waals surface area (Å²) in [6.45, 7) is 0. The number of guanidine groups is 1. The molecule has 0 spiro atoms. The first-order valence-corrected chi connectivity index (χ1v) is 7.24. The van der Waals surface area contributed by atoms with Crippen LogP contribution in [0.2, 0.25) is 5.02 Å². The molecule has 0 aliphatic rings. The predicted octanol–water partition coefficient (Wildman–Crippen LogP) is 1.57. The SMILES string of the molecule is NC(N)=N/N=C/c1c(-c2ccc(Cl)c([N+](=O)[O-])c2)nc2ncccn12.